The summed E-state index contributed by atoms with van der Waals surface area (Å²) < 4.78 is 0.359. The molecule has 2 heterocycles. The van der Waals surface area contributed by atoms with E-state index in [4.69, 9.17) is 12.2 Å². The molecule has 1 aliphatic heterocycles. The van der Waals surface area contributed by atoms with E-state index >= 15 is 0 Å². The smallest absolute Gasteiger partial charge is 0.266 e. The Bertz CT molecular complexity index is 906. The third-order valence-corrected chi connectivity index (χ3v) is 5.43. The number of allylic oxidation sites excluding steroid dienone is 2. The van der Waals surface area contributed by atoms with E-state index in [0.717, 1.165) is 10.6 Å². The molecule has 132 valence electrons. The quantitative estimate of drug-likeness (QED) is 0.611. The molecule has 1 aliphatic rings. The van der Waals surface area contributed by atoms with Crippen molar-refractivity contribution in [1.29, 1.82) is 0 Å². The minimum Gasteiger partial charge on any atom is -0.299 e. The molecule has 1 fully saturated rings. The maximum atomic E-state index is 12.5. The Morgan fingerprint density at radius 2 is 2.08 bits per heavy atom. The van der Waals surface area contributed by atoms with Crippen LogP contribution >= 0.6 is 35.3 Å². The zero-order chi connectivity index (χ0) is 18.5. The summed E-state index contributed by atoms with van der Waals surface area (Å²) in [6.45, 7) is 1.64. The van der Waals surface area contributed by atoms with Crippen molar-refractivity contribution in [3.05, 3.63) is 58.0 Å². The lowest BCUT2D eigenvalue weighted by Crippen LogP contribution is -2.36. The SMILES string of the molecule is Cc1nnc(NC(=O)CN2C(=O)C(=CC=Cc3ccccc3)SC2=S)s1. The zero-order valence-corrected chi connectivity index (χ0v) is 16.2. The van der Waals surface area contributed by atoms with Crippen molar-refractivity contribution < 1.29 is 9.59 Å². The lowest BCUT2D eigenvalue weighted by atomic mass is 10.2. The normalized spacial score (nSPS) is 16.0. The highest BCUT2D eigenvalue weighted by Crippen LogP contribution is 2.30. The van der Waals surface area contributed by atoms with Gasteiger partial charge in [0.05, 0.1) is 4.91 Å². The van der Waals surface area contributed by atoms with Gasteiger partial charge in [-0.3, -0.25) is 19.8 Å². The van der Waals surface area contributed by atoms with Crippen LogP contribution < -0.4 is 5.32 Å². The Hall–Kier alpha value is -2.36. The summed E-state index contributed by atoms with van der Waals surface area (Å²) in [6.07, 6.45) is 5.40. The topological polar surface area (TPSA) is 75.2 Å². The second-order valence-electron chi connectivity index (χ2n) is 5.23. The van der Waals surface area contributed by atoms with Gasteiger partial charge >= 0.3 is 0 Å². The van der Waals surface area contributed by atoms with Crippen molar-refractivity contribution in [2.75, 3.05) is 11.9 Å². The van der Waals surface area contributed by atoms with Gasteiger partial charge in [0.1, 0.15) is 15.9 Å². The maximum absolute atomic E-state index is 12.5. The van der Waals surface area contributed by atoms with Gasteiger partial charge in [-0.2, -0.15) is 0 Å². The van der Waals surface area contributed by atoms with Gasteiger partial charge in [0.2, 0.25) is 11.0 Å². The molecule has 0 spiro atoms. The molecule has 26 heavy (non-hydrogen) atoms. The number of thioether (sulfide) groups is 1. The largest absolute Gasteiger partial charge is 0.299 e. The first kappa shape index (κ1) is 18.4. The standard InChI is InChI=1S/C17H14N4O2S3/c1-11-19-20-16(25-11)18-14(22)10-21-15(23)13(26-17(21)24)9-5-8-12-6-3-2-4-7-12/h2-9H,10H2,1H3,(H,18,20,22). The fourth-order valence-electron chi connectivity index (χ4n) is 2.11. The van der Waals surface area contributed by atoms with E-state index in [1.165, 1.54) is 28.0 Å². The summed E-state index contributed by atoms with van der Waals surface area (Å²) >= 11 is 7.67. The highest BCUT2D eigenvalue weighted by Gasteiger charge is 2.33. The van der Waals surface area contributed by atoms with Gasteiger partial charge in [-0.1, -0.05) is 77.8 Å². The van der Waals surface area contributed by atoms with E-state index in [2.05, 4.69) is 15.5 Å². The van der Waals surface area contributed by atoms with Crippen LogP contribution in [0.3, 0.4) is 0 Å². The summed E-state index contributed by atoms with van der Waals surface area (Å²) in [5.74, 6) is -0.639. The number of carbonyl (C=O) groups is 2. The predicted molar refractivity (Wildman–Crippen MR) is 109 cm³/mol. The summed E-state index contributed by atoms with van der Waals surface area (Å²) in [7, 11) is 0. The Balaban J connectivity index is 1.62. The highest BCUT2D eigenvalue weighted by molar-refractivity contribution is 8.26. The van der Waals surface area contributed by atoms with Crippen LogP contribution in [0.25, 0.3) is 6.08 Å². The molecule has 1 aromatic carbocycles. The molecule has 1 aromatic heterocycles. The molecule has 0 radical (unpaired) electrons. The van der Waals surface area contributed by atoms with Crippen LogP contribution in [0.5, 0.6) is 0 Å². The van der Waals surface area contributed by atoms with Crippen molar-refractivity contribution in [3.63, 3.8) is 0 Å². The van der Waals surface area contributed by atoms with E-state index in [1.54, 1.807) is 19.1 Å². The fourth-order valence-corrected chi connectivity index (χ4v) is 3.93. The molecule has 2 aromatic rings. The van der Waals surface area contributed by atoms with Gasteiger partial charge in [0.25, 0.3) is 5.91 Å². The van der Waals surface area contributed by atoms with E-state index in [-0.39, 0.29) is 18.4 Å². The zero-order valence-electron chi connectivity index (χ0n) is 13.7. The molecular weight excluding hydrogens is 388 g/mol. The number of carbonyl (C=O) groups excluding carboxylic acids is 2. The number of amides is 2. The van der Waals surface area contributed by atoms with Gasteiger partial charge in [-0.25, -0.2) is 0 Å². The predicted octanol–water partition coefficient (Wildman–Crippen LogP) is 3.24. The van der Waals surface area contributed by atoms with E-state index in [9.17, 15) is 9.59 Å². The van der Waals surface area contributed by atoms with Crippen LogP contribution in [-0.2, 0) is 9.59 Å². The summed E-state index contributed by atoms with van der Waals surface area (Å²) in [4.78, 5) is 26.3. The van der Waals surface area contributed by atoms with Crippen LogP contribution in [-0.4, -0.2) is 37.8 Å². The average Bonchev–Trinajstić information content (AvgIpc) is 3.14. The third-order valence-electron chi connectivity index (χ3n) is 3.28. The second-order valence-corrected chi connectivity index (χ2v) is 8.09. The van der Waals surface area contributed by atoms with Gasteiger partial charge < -0.3 is 0 Å². The van der Waals surface area contributed by atoms with Gasteiger partial charge in [-0.05, 0) is 18.6 Å². The van der Waals surface area contributed by atoms with E-state index in [1.807, 2.05) is 36.4 Å². The van der Waals surface area contributed by atoms with Crippen molar-refractivity contribution in [1.82, 2.24) is 15.1 Å². The average molecular weight is 403 g/mol. The molecule has 0 bridgehead atoms. The first-order valence-electron chi connectivity index (χ1n) is 7.60. The van der Waals surface area contributed by atoms with Gasteiger partial charge in [0.15, 0.2) is 0 Å². The molecule has 0 saturated carbocycles. The number of aromatic nitrogens is 2. The number of benzene rings is 1. The number of thiocarbonyl (C=S) groups is 1. The molecule has 1 saturated heterocycles. The molecule has 0 aliphatic carbocycles. The number of nitrogens with one attached hydrogen (secondary N) is 1. The van der Waals surface area contributed by atoms with E-state index in [0.29, 0.717) is 14.4 Å². The molecule has 0 unspecified atom stereocenters. The molecule has 2 amide bonds. The van der Waals surface area contributed by atoms with Crippen molar-refractivity contribution in [2.24, 2.45) is 0 Å². The Labute approximate surface area is 164 Å². The van der Waals surface area contributed by atoms with Crippen LogP contribution in [0, 0.1) is 6.92 Å². The molecular formula is C17H14N4O2S3. The third kappa shape index (κ3) is 4.63. The minimum atomic E-state index is -0.362. The Kier molecular flexibility index (Phi) is 5.92. The molecule has 1 N–H and O–H groups in total. The van der Waals surface area contributed by atoms with Gasteiger partial charge in [0, 0.05) is 0 Å². The highest BCUT2D eigenvalue weighted by atomic mass is 32.2. The van der Waals surface area contributed by atoms with Crippen LogP contribution in [0.4, 0.5) is 5.13 Å². The Morgan fingerprint density at radius 3 is 2.77 bits per heavy atom. The van der Waals surface area contributed by atoms with Crippen molar-refractivity contribution >= 4 is 62.7 Å². The lowest BCUT2D eigenvalue weighted by molar-refractivity contribution is -0.126. The van der Waals surface area contributed by atoms with Crippen molar-refractivity contribution in [3.8, 4) is 0 Å². The maximum Gasteiger partial charge on any atom is 0.266 e. The Morgan fingerprint density at radius 1 is 1.31 bits per heavy atom. The second kappa shape index (κ2) is 8.35. The number of hydrogen-bond donors (Lipinski definition) is 1. The first-order valence-corrected chi connectivity index (χ1v) is 9.64. The number of aryl methyl sites for hydroxylation is 1. The monoisotopic (exact) mass is 402 g/mol. The number of nitrogens with zero attached hydrogens (tertiary/aromatic N) is 3. The number of hydrogen-bond acceptors (Lipinski definition) is 7. The molecule has 6 nitrogen and oxygen atoms in total. The molecule has 3 rings (SSSR count). The van der Waals surface area contributed by atoms with Crippen LogP contribution in [0.2, 0.25) is 0 Å². The number of rotatable bonds is 5. The van der Waals surface area contributed by atoms with Crippen LogP contribution in [0.15, 0.2) is 47.4 Å². The van der Waals surface area contributed by atoms with Crippen LogP contribution in [0.1, 0.15) is 10.6 Å². The first-order chi connectivity index (χ1) is 12.5. The minimum absolute atomic E-state index is 0.150. The summed E-state index contributed by atoms with van der Waals surface area (Å²) in [5.41, 5.74) is 1.03. The number of anilines is 1. The van der Waals surface area contributed by atoms with Gasteiger partial charge in [-0.15, -0.1) is 10.2 Å². The van der Waals surface area contributed by atoms with Crippen molar-refractivity contribution in [2.45, 2.75) is 6.92 Å². The molecule has 0 atom stereocenters. The fraction of sp³-hybridized carbons (Fsp3) is 0.118. The lowest BCUT2D eigenvalue weighted by Gasteiger charge is -2.12. The summed E-state index contributed by atoms with van der Waals surface area (Å²) in [6, 6.07) is 9.76. The van der Waals surface area contributed by atoms with E-state index < -0.39 is 0 Å². The summed E-state index contributed by atoms with van der Waals surface area (Å²) in [5, 5.41) is 11.4. The molecule has 9 heteroatoms.